The topological polar surface area (TPSA) is 66.5 Å². The van der Waals surface area contributed by atoms with Gasteiger partial charge in [0, 0.05) is 6.04 Å². The lowest BCUT2D eigenvalue weighted by molar-refractivity contribution is -0.124. The molecule has 2 aliphatic heterocycles. The van der Waals surface area contributed by atoms with Gasteiger partial charge in [-0.3, -0.25) is 9.69 Å². The molecule has 5 nitrogen and oxygen atoms in total. The van der Waals surface area contributed by atoms with Crippen molar-refractivity contribution < 1.29 is 13.2 Å². The highest BCUT2D eigenvalue weighted by Crippen LogP contribution is 2.31. The number of hydrogen-bond acceptors (Lipinski definition) is 4. The molecule has 2 fully saturated rings. The van der Waals surface area contributed by atoms with Crippen molar-refractivity contribution in [2.75, 3.05) is 24.6 Å². The summed E-state index contributed by atoms with van der Waals surface area (Å²) in [5, 5.41) is 2.95. The average molecular weight is 336 g/mol. The van der Waals surface area contributed by atoms with Crippen LogP contribution in [-0.2, 0) is 14.6 Å². The van der Waals surface area contributed by atoms with Crippen LogP contribution >= 0.6 is 0 Å². The maximum absolute atomic E-state index is 12.4. The Kier molecular flexibility index (Phi) is 4.47. The summed E-state index contributed by atoms with van der Waals surface area (Å²) < 4.78 is 23.3. The van der Waals surface area contributed by atoms with E-state index >= 15 is 0 Å². The summed E-state index contributed by atoms with van der Waals surface area (Å²) in [6.45, 7) is 3.06. The molecule has 2 aliphatic rings. The lowest BCUT2D eigenvalue weighted by Crippen LogP contribution is -2.50. The molecule has 0 saturated carbocycles. The van der Waals surface area contributed by atoms with Crippen LogP contribution in [0.4, 0.5) is 0 Å². The molecule has 0 bridgehead atoms. The minimum Gasteiger partial charge on any atom is -0.349 e. The van der Waals surface area contributed by atoms with E-state index in [2.05, 4.69) is 22.3 Å². The largest absolute Gasteiger partial charge is 0.349 e. The van der Waals surface area contributed by atoms with E-state index < -0.39 is 15.4 Å². The van der Waals surface area contributed by atoms with Crippen molar-refractivity contribution in [1.82, 2.24) is 10.2 Å². The standard InChI is InChI=1S/C17H24N2O3S/c1-17(9-11-23(21,22)13-17)18-16(20)12-19-10-5-8-15(19)14-6-3-2-4-7-14/h2-4,6-7,15H,5,8-13H2,1H3,(H,18,20)/t15-,17+/m0/s1. The Labute approximate surface area is 138 Å². The SMILES string of the molecule is C[C@@]1(NC(=O)CN2CCC[C@H]2c2ccccc2)CCS(=O)(=O)C1. The molecule has 0 radical (unpaired) electrons. The molecule has 23 heavy (non-hydrogen) atoms. The second kappa shape index (κ2) is 6.24. The second-order valence-electron chi connectivity index (χ2n) is 6.99. The molecule has 2 atom stereocenters. The highest BCUT2D eigenvalue weighted by Gasteiger charge is 2.40. The third kappa shape index (κ3) is 3.93. The van der Waals surface area contributed by atoms with Crippen LogP contribution in [0.2, 0.25) is 0 Å². The van der Waals surface area contributed by atoms with E-state index in [4.69, 9.17) is 0 Å². The van der Waals surface area contributed by atoms with E-state index in [0.717, 1.165) is 19.4 Å². The first-order chi connectivity index (χ1) is 10.9. The number of amides is 1. The van der Waals surface area contributed by atoms with Crippen LogP contribution < -0.4 is 5.32 Å². The van der Waals surface area contributed by atoms with Crippen LogP contribution in [0.25, 0.3) is 0 Å². The summed E-state index contributed by atoms with van der Waals surface area (Å²) in [6, 6.07) is 10.5. The van der Waals surface area contributed by atoms with Crippen molar-refractivity contribution in [3.8, 4) is 0 Å². The van der Waals surface area contributed by atoms with Gasteiger partial charge < -0.3 is 5.32 Å². The Morgan fingerprint density at radius 2 is 2.09 bits per heavy atom. The number of carbonyl (C=O) groups is 1. The molecule has 0 aromatic heterocycles. The van der Waals surface area contributed by atoms with E-state index in [1.54, 1.807) is 0 Å². The van der Waals surface area contributed by atoms with Gasteiger partial charge in [0.15, 0.2) is 9.84 Å². The van der Waals surface area contributed by atoms with Crippen LogP contribution in [0, 0.1) is 0 Å². The first-order valence-corrected chi connectivity index (χ1v) is 10.00. The summed E-state index contributed by atoms with van der Waals surface area (Å²) in [5.41, 5.74) is 0.630. The van der Waals surface area contributed by atoms with Gasteiger partial charge in [0.25, 0.3) is 0 Å². The number of carbonyl (C=O) groups excluding carboxylic acids is 1. The number of benzene rings is 1. The monoisotopic (exact) mass is 336 g/mol. The quantitative estimate of drug-likeness (QED) is 0.905. The number of nitrogens with one attached hydrogen (secondary N) is 1. The Bertz CT molecular complexity index is 674. The smallest absolute Gasteiger partial charge is 0.234 e. The van der Waals surface area contributed by atoms with Crippen LogP contribution in [0.1, 0.15) is 37.8 Å². The molecule has 0 aliphatic carbocycles. The van der Waals surface area contributed by atoms with Gasteiger partial charge >= 0.3 is 0 Å². The van der Waals surface area contributed by atoms with E-state index in [1.807, 2.05) is 25.1 Å². The molecule has 2 heterocycles. The number of hydrogen-bond donors (Lipinski definition) is 1. The predicted octanol–water partition coefficient (Wildman–Crippen LogP) is 1.52. The zero-order valence-electron chi connectivity index (χ0n) is 13.5. The lowest BCUT2D eigenvalue weighted by atomic mass is 10.0. The molecule has 2 saturated heterocycles. The molecule has 6 heteroatoms. The van der Waals surface area contributed by atoms with Crippen molar-refractivity contribution >= 4 is 15.7 Å². The summed E-state index contributed by atoms with van der Waals surface area (Å²) in [6.07, 6.45) is 2.64. The molecule has 0 unspecified atom stereocenters. The van der Waals surface area contributed by atoms with Crippen molar-refractivity contribution in [3.63, 3.8) is 0 Å². The van der Waals surface area contributed by atoms with Crippen molar-refractivity contribution in [2.24, 2.45) is 0 Å². The van der Waals surface area contributed by atoms with Gasteiger partial charge in [-0.05, 0) is 38.3 Å². The zero-order valence-corrected chi connectivity index (χ0v) is 14.3. The maximum Gasteiger partial charge on any atom is 0.234 e. The fraction of sp³-hybridized carbons (Fsp3) is 0.588. The summed E-state index contributed by atoms with van der Waals surface area (Å²) in [5.74, 6) is 0.140. The first kappa shape index (κ1) is 16.5. The van der Waals surface area contributed by atoms with Gasteiger partial charge in [-0.25, -0.2) is 8.42 Å². The number of sulfone groups is 1. The highest BCUT2D eigenvalue weighted by atomic mass is 32.2. The molecule has 1 amide bonds. The van der Waals surface area contributed by atoms with E-state index in [9.17, 15) is 13.2 Å². The fourth-order valence-electron chi connectivity index (χ4n) is 3.74. The summed E-state index contributed by atoms with van der Waals surface area (Å²) in [7, 11) is -3.01. The Hall–Kier alpha value is -1.40. The lowest BCUT2D eigenvalue weighted by Gasteiger charge is -2.28. The van der Waals surface area contributed by atoms with Gasteiger partial charge in [0.1, 0.15) is 0 Å². The number of likely N-dealkylation sites (tertiary alicyclic amines) is 1. The Balaban J connectivity index is 1.61. The van der Waals surface area contributed by atoms with Crippen LogP contribution in [0.15, 0.2) is 30.3 Å². The maximum atomic E-state index is 12.4. The van der Waals surface area contributed by atoms with E-state index in [-0.39, 0.29) is 23.5 Å². The first-order valence-electron chi connectivity index (χ1n) is 8.17. The van der Waals surface area contributed by atoms with Crippen LogP contribution in [0.5, 0.6) is 0 Å². The van der Waals surface area contributed by atoms with Crippen LogP contribution in [-0.4, -0.2) is 49.4 Å². The summed E-state index contributed by atoms with van der Waals surface area (Å²) in [4.78, 5) is 14.6. The van der Waals surface area contributed by atoms with Gasteiger partial charge in [-0.1, -0.05) is 30.3 Å². The van der Waals surface area contributed by atoms with Crippen molar-refractivity contribution in [1.29, 1.82) is 0 Å². The highest BCUT2D eigenvalue weighted by molar-refractivity contribution is 7.91. The second-order valence-corrected chi connectivity index (χ2v) is 9.17. The number of rotatable bonds is 4. The summed E-state index contributed by atoms with van der Waals surface area (Å²) >= 11 is 0. The Morgan fingerprint density at radius 3 is 2.74 bits per heavy atom. The van der Waals surface area contributed by atoms with Gasteiger partial charge in [0.2, 0.25) is 5.91 Å². The minimum atomic E-state index is -3.01. The van der Waals surface area contributed by atoms with Crippen LogP contribution in [0.3, 0.4) is 0 Å². The normalized spacial score (nSPS) is 30.4. The Morgan fingerprint density at radius 1 is 1.35 bits per heavy atom. The molecular weight excluding hydrogens is 312 g/mol. The minimum absolute atomic E-state index is 0.0495. The van der Waals surface area contributed by atoms with Gasteiger partial charge in [0.05, 0.1) is 23.6 Å². The molecule has 1 N–H and O–H groups in total. The fourth-order valence-corrected chi connectivity index (χ4v) is 5.83. The third-order valence-electron chi connectivity index (χ3n) is 4.84. The predicted molar refractivity (Wildman–Crippen MR) is 89.8 cm³/mol. The van der Waals surface area contributed by atoms with E-state index in [1.165, 1.54) is 5.56 Å². The van der Waals surface area contributed by atoms with Crippen molar-refractivity contribution in [2.45, 2.75) is 37.8 Å². The number of nitrogens with zero attached hydrogens (tertiary/aromatic N) is 1. The molecule has 3 rings (SSSR count). The molecule has 1 aromatic rings. The van der Waals surface area contributed by atoms with E-state index in [0.29, 0.717) is 13.0 Å². The third-order valence-corrected chi connectivity index (χ3v) is 6.74. The zero-order chi connectivity index (χ0) is 16.5. The molecule has 1 aromatic carbocycles. The van der Waals surface area contributed by atoms with Gasteiger partial charge in [-0.2, -0.15) is 0 Å². The van der Waals surface area contributed by atoms with Crippen molar-refractivity contribution in [3.05, 3.63) is 35.9 Å². The molecule has 0 spiro atoms. The molecular formula is C17H24N2O3S. The average Bonchev–Trinajstić information content (AvgIpc) is 3.04. The van der Waals surface area contributed by atoms with Gasteiger partial charge in [-0.15, -0.1) is 0 Å². The molecule has 126 valence electrons.